The minimum atomic E-state index is 0.215. The van der Waals surface area contributed by atoms with E-state index in [1.54, 1.807) is 0 Å². The molecule has 0 amide bonds. The Labute approximate surface area is 118 Å². The van der Waals surface area contributed by atoms with Crippen LogP contribution in [-0.2, 0) is 0 Å². The van der Waals surface area contributed by atoms with Gasteiger partial charge in [0.2, 0.25) is 0 Å². The Hall–Kier alpha value is -0.670. The fourth-order valence-electron chi connectivity index (χ4n) is 1.23. The molecule has 0 unspecified atom stereocenters. The van der Waals surface area contributed by atoms with E-state index in [9.17, 15) is 0 Å². The lowest BCUT2D eigenvalue weighted by Gasteiger charge is -2.02. The normalized spacial score (nSPS) is 15.6. The predicted molar refractivity (Wildman–Crippen MR) is 75.0 cm³/mol. The molecule has 6 heteroatoms. The molecule has 0 fully saturated rings. The third-order valence-corrected chi connectivity index (χ3v) is 3.85. The molecule has 2 nitrogen and oxygen atoms in total. The lowest BCUT2D eigenvalue weighted by Crippen LogP contribution is -2.00. The van der Waals surface area contributed by atoms with Gasteiger partial charge in [0.05, 0.1) is 25.8 Å². The standard InChI is InChI=1S/C11H6Cl4N2/c12-7-8(13)10(15)11(9(7)14)17-16-6-4-2-1-3-5-6/h1-5,16H. The van der Waals surface area contributed by atoms with Crippen LogP contribution in [0, 0.1) is 0 Å². The minimum absolute atomic E-state index is 0.215. The predicted octanol–water partition coefficient (Wildman–Crippen LogP) is 4.85. The molecule has 0 bridgehead atoms. The van der Waals surface area contributed by atoms with Crippen molar-refractivity contribution in [2.45, 2.75) is 0 Å². The zero-order valence-electron chi connectivity index (χ0n) is 8.35. The SMILES string of the molecule is ClC1=C(Cl)C(Cl)=C(Cl)C1=NNc1ccccc1. The summed E-state index contributed by atoms with van der Waals surface area (Å²) in [7, 11) is 0. The van der Waals surface area contributed by atoms with Crippen molar-refractivity contribution in [1.29, 1.82) is 0 Å². The zero-order valence-corrected chi connectivity index (χ0v) is 11.4. The Bertz CT molecular complexity index is 506. The van der Waals surface area contributed by atoms with Crippen molar-refractivity contribution in [1.82, 2.24) is 0 Å². The zero-order chi connectivity index (χ0) is 12.4. The molecule has 1 aliphatic carbocycles. The van der Waals surface area contributed by atoms with Gasteiger partial charge in [-0.3, -0.25) is 5.43 Å². The van der Waals surface area contributed by atoms with Crippen molar-refractivity contribution in [3.63, 3.8) is 0 Å². The number of rotatable bonds is 2. The summed E-state index contributed by atoms with van der Waals surface area (Å²) < 4.78 is 0. The van der Waals surface area contributed by atoms with Gasteiger partial charge in [0.15, 0.2) is 0 Å². The summed E-state index contributed by atoms with van der Waals surface area (Å²) >= 11 is 23.6. The first-order chi connectivity index (χ1) is 8.11. The van der Waals surface area contributed by atoms with Crippen molar-refractivity contribution in [2.24, 2.45) is 5.10 Å². The maximum atomic E-state index is 5.95. The van der Waals surface area contributed by atoms with E-state index in [1.165, 1.54) is 0 Å². The van der Waals surface area contributed by atoms with E-state index < -0.39 is 0 Å². The number of halogens is 4. The van der Waals surface area contributed by atoms with Gasteiger partial charge in [-0.2, -0.15) is 5.10 Å². The lowest BCUT2D eigenvalue weighted by atomic mass is 10.3. The molecular formula is C11H6Cl4N2. The fourth-order valence-corrected chi connectivity index (χ4v) is 2.20. The Morgan fingerprint density at radius 2 is 1.29 bits per heavy atom. The van der Waals surface area contributed by atoms with Crippen LogP contribution in [0.3, 0.4) is 0 Å². The molecule has 0 saturated heterocycles. The Morgan fingerprint density at radius 1 is 0.765 bits per heavy atom. The van der Waals surface area contributed by atoms with Gasteiger partial charge in [-0.05, 0) is 12.1 Å². The van der Waals surface area contributed by atoms with E-state index in [0.29, 0.717) is 5.71 Å². The van der Waals surface area contributed by atoms with Crippen molar-refractivity contribution in [3.05, 3.63) is 50.5 Å². The number of nitrogens with one attached hydrogen (secondary N) is 1. The van der Waals surface area contributed by atoms with Crippen LogP contribution in [0.4, 0.5) is 5.69 Å². The lowest BCUT2D eigenvalue weighted by molar-refractivity contribution is 1.34. The third kappa shape index (κ3) is 2.61. The molecule has 0 heterocycles. The quantitative estimate of drug-likeness (QED) is 0.776. The van der Waals surface area contributed by atoms with Crippen LogP contribution in [0.5, 0.6) is 0 Å². The highest BCUT2D eigenvalue weighted by atomic mass is 35.5. The molecule has 0 atom stereocenters. The Balaban J connectivity index is 2.25. The summed E-state index contributed by atoms with van der Waals surface area (Å²) in [4.78, 5) is 0. The van der Waals surface area contributed by atoms with E-state index >= 15 is 0 Å². The van der Waals surface area contributed by atoms with E-state index in [0.717, 1.165) is 5.69 Å². The Morgan fingerprint density at radius 3 is 1.82 bits per heavy atom. The van der Waals surface area contributed by atoms with Crippen molar-refractivity contribution in [3.8, 4) is 0 Å². The number of para-hydroxylation sites is 1. The number of nitrogens with zero attached hydrogens (tertiary/aromatic N) is 1. The maximum absolute atomic E-state index is 5.95. The van der Waals surface area contributed by atoms with Crippen LogP contribution >= 0.6 is 46.4 Å². The van der Waals surface area contributed by atoms with Gasteiger partial charge in [-0.25, -0.2) is 0 Å². The van der Waals surface area contributed by atoms with Crippen molar-refractivity contribution >= 4 is 57.8 Å². The van der Waals surface area contributed by atoms with Gasteiger partial charge in [0, 0.05) is 0 Å². The summed E-state index contributed by atoms with van der Waals surface area (Å²) in [5.41, 5.74) is 3.97. The fraction of sp³-hybridized carbons (Fsp3) is 0. The number of hydrazone groups is 1. The van der Waals surface area contributed by atoms with Crippen LogP contribution in [0.25, 0.3) is 0 Å². The highest BCUT2D eigenvalue weighted by Gasteiger charge is 2.26. The molecule has 0 radical (unpaired) electrons. The second-order valence-electron chi connectivity index (χ2n) is 3.19. The molecule has 1 aliphatic rings. The monoisotopic (exact) mass is 306 g/mol. The molecule has 0 aromatic heterocycles. The van der Waals surface area contributed by atoms with Crippen molar-refractivity contribution < 1.29 is 0 Å². The molecule has 0 aliphatic heterocycles. The van der Waals surface area contributed by atoms with Gasteiger partial charge in [-0.15, -0.1) is 0 Å². The third-order valence-electron chi connectivity index (χ3n) is 2.06. The minimum Gasteiger partial charge on any atom is -0.278 e. The van der Waals surface area contributed by atoms with E-state index in [-0.39, 0.29) is 20.1 Å². The highest BCUT2D eigenvalue weighted by molar-refractivity contribution is 6.66. The molecule has 17 heavy (non-hydrogen) atoms. The van der Waals surface area contributed by atoms with Gasteiger partial charge in [0.1, 0.15) is 5.71 Å². The first-order valence-corrected chi connectivity index (χ1v) is 6.13. The average molecular weight is 308 g/mol. The van der Waals surface area contributed by atoms with Gasteiger partial charge < -0.3 is 0 Å². The second-order valence-corrected chi connectivity index (χ2v) is 4.71. The van der Waals surface area contributed by atoms with E-state index in [2.05, 4.69) is 10.5 Å². The average Bonchev–Trinajstić information content (AvgIpc) is 2.54. The second kappa shape index (κ2) is 5.32. The van der Waals surface area contributed by atoms with Crippen LogP contribution in [0.15, 0.2) is 55.6 Å². The number of hydrogen-bond donors (Lipinski definition) is 1. The smallest absolute Gasteiger partial charge is 0.124 e. The van der Waals surface area contributed by atoms with E-state index in [4.69, 9.17) is 46.4 Å². The summed E-state index contributed by atoms with van der Waals surface area (Å²) in [6.07, 6.45) is 0. The van der Waals surface area contributed by atoms with Gasteiger partial charge in [0.25, 0.3) is 0 Å². The summed E-state index contributed by atoms with van der Waals surface area (Å²) in [5, 5.41) is 4.99. The molecule has 1 aromatic rings. The molecule has 2 rings (SSSR count). The molecule has 0 spiro atoms. The first kappa shape index (κ1) is 12.8. The van der Waals surface area contributed by atoms with Crippen LogP contribution < -0.4 is 5.43 Å². The highest BCUT2D eigenvalue weighted by Crippen LogP contribution is 2.39. The molecule has 0 saturated carbocycles. The maximum Gasteiger partial charge on any atom is 0.124 e. The first-order valence-electron chi connectivity index (χ1n) is 4.61. The van der Waals surface area contributed by atoms with Gasteiger partial charge in [-0.1, -0.05) is 64.6 Å². The topological polar surface area (TPSA) is 24.4 Å². The van der Waals surface area contributed by atoms with Crippen LogP contribution in [-0.4, -0.2) is 5.71 Å². The number of anilines is 1. The summed E-state index contributed by atoms with van der Waals surface area (Å²) in [6, 6.07) is 9.38. The van der Waals surface area contributed by atoms with Crippen molar-refractivity contribution in [2.75, 3.05) is 5.43 Å². The number of allylic oxidation sites excluding steroid dienone is 4. The molecule has 88 valence electrons. The molecule has 1 N–H and O–H groups in total. The summed E-state index contributed by atoms with van der Waals surface area (Å²) in [5.74, 6) is 0. The summed E-state index contributed by atoms with van der Waals surface area (Å²) in [6.45, 7) is 0. The van der Waals surface area contributed by atoms with Gasteiger partial charge >= 0.3 is 0 Å². The molecular weight excluding hydrogens is 302 g/mol. The van der Waals surface area contributed by atoms with E-state index in [1.807, 2.05) is 30.3 Å². The molecule has 1 aromatic carbocycles. The van der Waals surface area contributed by atoms with Crippen LogP contribution in [0.2, 0.25) is 0 Å². The Kier molecular flexibility index (Phi) is 4.00. The number of hydrogen-bond acceptors (Lipinski definition) is 2. The largest absolute Gasteiger partial charge is 0.278 e. The number of benzene rings is 1. The van der Waals surface area contributed by atoms with Crippen LogP contribution in [0.1, 0.15) is 0 Å².